The third kappa shape index (κ3) is 4.09. The number of nitrogens with zero attached hydrogens (tertiary/aromatic N) is 1. The van der Waals surface area contributed by atoms with Crippen LogP contribution < -0.4 is 5.32 Å². The quantitative estimate of drug-likeness (QED) is 0.650. The van der Waals surface area contributed by atoms with E-state index in [9.17, 15) is 9.90 Å². The molecule has 1 aromatic heterocycles. The Hall–Kier alpha value is -1.79. The molecule has 0 fully saturated rings. The van der Waals surface area contributed by atoms with E-state index in [2.05, 4.69) is 10.3 Å². The zero-order valence-corrected chi connectivity index (χ0v) is 12.4. The fourth-order valence-electron chi connectivity index (χ4n) is 2.01. The summed E-state index contributed by atoms with van der Waals surface area (Å²) < 4.78 is 0. The lowest BCUT2D eigenvalue weighted by Gasteiger charge is -2.12. The summed E-state index contributed by atoms with van der Waals surface area (Å²) in [5.74, 6) is 0.778. The number of aliphatic hydroxyl groups is 1. The van der Waals surface area contributed by atoms with Gasteiger partial charge in [0.15, 0.2) is 0 Å². The summed E-state index contributed by atoms with van der Waals surface area (Å²) in [7, 11) is 0. The van der Waals surface area contributed by atoms with E-state index in [-0.39, 0.29) is 12.2 Å². The summed E-state index contributed by atoms with van der Waals surface area (Å²) in [6.07, 6.45) is 2.18. The lowest BCUT2D eigenvalue weighted by atomic mass is 10.1. The van der Waals surface area contributed by atoms with Crippen molar-refractivity contribution in [2.45, 2.75) is 6.42 Å². The van der Waals surface area contributed by atoms with Crippen LogP contribution in [-0.4, -0.2) is 45.8 Å². The number of rotatable bonds is 8. The molecule has 0 aliphatic heterocycles. The molecule has 5 nitrogen and oxygen atoms in total. The Balaban J connectivity index is 2.12. The lowest BCUT2D eigenvalue weighted by Crippen LogP contribution is -2.10. The third-order valence-corrected chi connectivity index (χ3v) is 4.07. The molecule has 3 N–H and O–H groups in total. The number of nitrogens with one attached hydrogen (secondary N) is 1. The largest absolute Gasteiger partial charge is 0.478 e. The number of fused-ring (bicyclic) bond motifs is 1. The maximum atomic E-state index is 11.3. The van der Waals surface area contributed by atoms with Crippen LogP contribution in [0.4, 0.5) is 5.69 Å². The van der Waals surface area contributed by atoms with E-state index in [0.29, 0.717) is 12.2 Å². The van der Waals surface area contributed by atoms with Gasteiger partial charge in [0.2, 0.25) is 0 Å². The molecule has 0 atom stereocenters. The number of carboxylic acid groups (broad SMARTS) is 1. The van der Waals surface area contributed by atoms with Crippen LogP contribution >= 0.6 is 11.8 Å². The van der Waals surface area contributed by atoms with E-state index in [0.717, 1.165) is 28.8 Å². The molecular formula is C15H18N2O3S. The van der Waals surface area contributed by atoms with Gasteiger partial charge in [-0.1, -0.05) is 18.2 Å². The van der Waals surface area contributed by atoms with Crippen molar-refractivity contribution in [3.05, 3.63) is 36.0 Å². The fraction of sp³-hybridized carbons (Fsp3) is 0.333. The van der Waals surface area contributed by atoms with Crippen LogP contribution in [0.5, 0.6) is 0 Å². The molecule has 0 amide bonds. The molecule has 2 aromatic rings. The Bertz CT molecular complexity index is 619. The summed E-state index contributed by atoms with van der Waals surface area (Å²) in [5, 5.41) is 22.0. The highest BCUT2D eigenvalue weighted by atomic mass is 32.2. The SMILES string of the molecule is O=C(O)c1cnc2ccccc2c1NCCSCCCO. The molecule has 1 aromatic carbocycles. The Kier molecular flexibility index (Phi) is 5.83. The number of para-hydroxylation sites is 1. The lowest BCUT2D eigenvalue weighted by molar-refractivity contribution is 0.0697. The molecule has 0 saturated carbocycles. The molecule has 0 bridgehead atoms. The highest BCUT2D eigenvalue weighted by Gasteiger charge is 2.13. The van der Waals surface area contributed by atoms with Gasteiger partial charge < -0.3 is 15.5 Å². The molecule has 1 heterocycles. The number of pyridine rings is 1. The number of carboxylic acids is 1. The Morgan fingerprint density at radius 3 is 2.86 bits per heavy atom. The van der Waals surface area contributed by atoms with Crippen LogP contribution in [0.15, 0.2) is 30.5 Å². The second kappa shape index (κ2) is 7.85. The van der Waals surface area contributed by atoms with Gasteiger partial charge in [-0.3, -0.25) is 4.98 Å². The minimum atomic E-state index is -0.983. The predicted octanol–water partition coefficient (Wildman–Crippen LogP) is 2.46. The summed E-state index contributed by atoms with van der Waals surface area (Å²) in [6.45, 7) is 0.878. The van der Waals surface area contributed by atoms with Gasteiger partial charge in [0.1, 0.15) is 5.56 Å². The van der Waals surface area contributed by atoms with E-state index in [1.807, 2.05) is 24.3 Å². The first kappa shape index (κ1) is 15.6. The first-order valence-electron chi connectivity index (χ1n) is 6.77. The van der Waals surface area contributed by atoms with Crippen LogP contribution in [0.25, 0.3) is 10.9 Å². The maximum Gasteiger partial charge on any atom is 0.339 e. The summed E-state index contributed by atoms with van der Waals surface area (Å²) in [5.41, 5.74) is 1.59. The Morgan fingerprint density at radius 1 is 1.29 bits per heavy atom. The van der Waals surface area contributed by atoms with Crippen molar-refractivity contribution in [1.29, 1.82) is 0 Å². The summed E-state index contributed by atoms with van der Waals surface area (Å²) in [6, 6.07) is 7.49. The highest BCUT2D eigenvalue weighted by Crippen LogP contribution is 2.25. The van der Waals surface area contributed by atoms with E-state index in [4.69, 9.17) is 5.11 Å². The topological polar surface area (TPSA) is 82.5 Å². The van der Waals surface area contributed by atoms with Gasteiger partial charge in [0, 0.05) is 30.5 Å². The van der Waals surface area contributed by atoms with Crippen molar-refractivity contribution >= 4 is 34.3 Å². The molecular weight excluding hydrogens is 288 g/mol. The van der Waals surface area contributed by atoms with Crippen molar-refractivity contribution in [3.8, 4) is 0 Å². The summed E-state index contributed by atoms with van der Waals surface area (Å²) >= 11 is 1.73. The van der Waals surface area contributed by atoms with Gasteiger partial charge in [-0.2, -0.15) is 11.8 Å². The average molecular weight is 306 g/mol. The number of aromatic nitrogens is 1. The van der Waals surface area contributed by atoms with Crippen LogP contribution in [0, 0.1) is 0 Å². The number of carbonyl (C=O) groups is 1. The number of benzene rings is 1. The van der Waals surface area contributed by atoms with Crippen LogP contribution in [0.2, 0.25) is 0 Å². The molecule has 112 valence electrons. The van der Waals surface area contributed by atoms with Crippen molar-refractivity contribution in [3.63, 3.8) is 0 Å². The van der Waals surface area contributed by atoms with E-state index in [1.165, 1.54) is 6.20 Å². The molecule has 0 saturated heterocycles. The second-order valence-corrected chi connectivity index (χ2v) is 5.71. The number of thioether (sulfide) groups is 1. The molecule has 0 unspecified atom stereocenters. The fourth-order valence-corrected chi connectivity index (χ4v) is 2.79. The smallest absolute Gasteiger partial charge is 0.339 e. The van der Waals surface area contributed by atoms with E-state index < -0.39 is 5.97 Å². The first-order valence-corrected chi connectivity index (χ1v) is 7.93. The first-order chi connectivity index (χ1) is 10.2. The number of hydrogen-bond acceptors (Lipinski definition) is 5. The minimum absolute atomic E-state index is 0.189. The van der Waals surface area contributed by atoms with Gasteiger partial charge in [-0.15, -0.1) is 0 Å². The zero-order chi connectivity index (χ0) is 15.1. The van der Waals surface area contributed by atoms with Gasteiger partial charge >= 0.3 is 5.97 Å². The highest BCUT2D eigenvalue weighted by molar-refractivity contribution is 7.99. The van der Waals surface area contributed by atoms with Crippen molar-refractivity contribution in [2.75, 3.05) is 30.0 Å². The number of hydrogen-bond donors (Lipinski definition) is 3. The molecule has 21 heavy (non-hydrogen) atoms. The van der Waals surface area contributed by atoms with Crippen molar-refractivity contribution < 1.29 is 15.0 Å². The van der Waals surface area contributed by atoms with Gasteiger partial charge in [-0.25, -0.2) is 4.79 Å². The van der Waals surface area contributed by atoms with Gasteiger partial charge in [0.25, 0.3) is 0 Å². The molecule has 0 aliphatic rings. The zero-order valence-electron chi connectivity index (χ0n) is 11.6. The average Bonchev–Trinajstić information content (AvgIpc) is 2.50. The predicted molar refractivity (Wildman–Crippen MR) is 86.2 cm³/mol. The summed E-state index contributed by atoms with van der Waals surface area (Å²) in [4.78, 5) is 15.5. The van der Waals surface area contributed by atoms with E-state index in [1.54, 1.807) is 11.8 Å². The monoisotopic (exact) mass is 306 g/mol. The Morgan fingerprint density at radius 2 is 2.10 bits per heavy atom. The molecule has 6 heteroatoms. The number of anilines is 1. The van der Waals surface area contributed by atoms with Gasteiger partial charge in [-0.05, 0) is 18.2 Å². The van der Waals surface area contributed by atoms with Gasteiger partial charge in [0.05, 0.1) is 11.2 Å². The van der Waals surface area contributed by atoms with Crippen LogP contribution in [-0.2, 0) is 0 Å². The number of aliphatic hydroxyl groups excluding tert-OH is 1. The molecule has 0 radical (unpaired) electrons. The van der Waals surface area contributed by atoms with Crippen LogP contribution in [0.3, 0.4) is 0 Å². The minimum Gasteiger partial charge on any atom is -0.478 e. The Labute approximate surface area is 127 Å². The van der Waals surface area contributed by atoms with E-state index >= 15 is 0 Å². The molecule has 2 rings (SSSR count). The molecule has 0 spiro atoms. The van der Waals surface area contributed by atoms with Crippen LogP contribution in [0.1, 0.15) is 16.8 Å². The molecule has 0 aliphatic carbocycles. The van der Waals surface area contributed by atoms with Crippen molar-refractivity contribution in [2.24, 2.45) is 0 Å². The standard InChI is InChI=1S/C15H18N2O3S/c18-7-3-8-21-9-6-16-14-11-4-1-2-5-13(11)17-10-12(14)15(19)20/h1-2,4-5,10,18H,3,6-9H2,(H,16,17)(H,19,20). The maximum absolute atomic E-state index is 11.3. The second-order valence-electron chi connectivity index (χ2n) is 4.49. The number of aromatic carboxylic acids is 1. The third-order valence-electron chi connectivity index (χ3n) is 3.00. The normalized spacial score (nSPS) is 10.7. The van der Waals surface area contributed by atoms with Crippen molar-refractivity contribution in [1.82, 2.24) is 4.98 Å².